The van der Waals surface area contributed by atoms with Crippen molar-refractivity contribution in [3.63, 3.8) is 0 Å². The number of aliphatic carboxylic acids is 1. The Hall–Kier alpha value is -2.28. The molecule has 0 bridgehead atoms. The number of amides is 2. The number of carboxylic acids is 1. The third-order valence-electron chi connectivity index (χ3n) is 2.87. The largest absolute Gasteiger partial charge is 0.548 e. The molecule has 1 heterocycles. The number of carboxylic acid groups (broad SMARTS) is 1. The number of benzene rings is 1. The van der Waals surface area contributed by atoms with Crippen molar-refractivity contribution in [1.82, 2.24) is 4.90 Å². The summed E-state index contributed by atoms with van der Waals surface area (Å²) in [5.74, 6) is -2.07. The van der Waals surface area contributed by atoms with Crippen molar-refractivity contribution >= 4 is 40.6 Å². The summed E-state index contributed by atoms with van der Waals surface area (Å²) in [6.45, 7) is -0.721. The van der Waals surface area contributed by atoms with Gasteiger partial charge in [-0.3, -0.25) is 14.5 Å². The van der Waals surface area contributed by atoms with Gasteiger partial charge in [0.2, 0.25) is 0 Å². The van der Waals surface area contributed by atoms with E-state index in [-0.39, 0.29) is 4.91 Å². The minimum atomic E-state index is -1.46. The Morgan fingerprint density at radius 2 is 1.90 bits per heavy atom. The molecule has 0 N–H and O–H groups in total. The molecule has 1 aliphatic rings. The number of rotatable bonds is 4. The van der Waals surface area contributed by atoms with Crippen LogP contribution in [0, 0.1) is 0 Å². The summed E-state index contributed by atoms with van der Waals surface area (Å²) in [6, 6.07) is 7.42. The quantitative estimate of drug-likeness (QED) is 0.755. The highest BCUT2D eigenvalue weighted by Crippen LogP contribution is 2.32. The standard InChI is InChI=1S/C14H14N2O4S/c1-15(2)10-5-3-9(4-6-10)7-11-13(19)16(8-12(17)18)14(20)21-11/h3-7H,8H2,1-2H3,(H,17,18)/p-1/b11-7+. The molecule has 1 saturated heterocycles. The molecule has 0 atom stereocenters. The van der Waals surface area contributed by atoms with Crippen molar-refractivity contribution in [3.8, 4) is 0 Å². The summed E-state index contributed by atoms with van der Waals surface area (Å²) in [5, 5.41) is 9.93. The lowest BCUT2D eigenvalue weighted by Gasteiger charge is -2.12. The molecule has 21 heavy (non-hydrogen) atoms. The third kappa shape index (κ3) is 3.43. The lowest BCUT2D eigenvalue weighted by molar-refractivity contribution is -0.305. The van der Waals surface area contributed by atoms with Crippen LogP contribution in [0.5, 0.6) is 0 Å². The van der Waals surface area contributed by atoms with Crippen LogP contribution in [-0.4, -0.2) is 42.7 Å². The Balaban J connectivity index is 2.20. The van der Waals surface area contributed by atoms with Crippen LogP contribution in [0.15, 0.2) is 29.2 Å². The molecule has 0 aliphatic carbocycles. The van der Waals surface area contributed by atoms with Crippen LogP contribution >= 0.6 is 11.8 Å². The Morgan fingerprint density at radius 1 is 1.29 bits per heavy atom. The van der Waals surface area contributed by atoms with Crippen LogP contribution < -0.4 is 10.0 Å². The second kappa shape index (κ2) is 6.01. The predicted molar refractivity (Wildman–Crippen MR) is 78.5 cm³/mol. The number of carbonyl (C=O) groups excluding carboxylic acids is 3. The molecule has 1 fully saturated rings. The SMILES string of the molecule is CN(C)c1ccc(/C=C2/SC(=O)N(CC(=O)[O-])C2=O)cc1. The zero-order valence-corrected chi connectivity index (χ0v) is 12.3. The molecule has 0 aromatic heterocycles. The van der Waals surface area contributed by atoms with Crippen LogP contribution in [0.2, 0.25) is 0 Å². The van der Waals surface area contributed by atoms with Crippen LogP contribution in [0.4, 0.5) is 10.5 Å². The molecule has 0 unspecified atom stereocenters. The Bertz CT molecular complexity index is 622. The molecule has 0 radical (unpaired) electrons. The lowest BCUT2D eigenvalue weighted by atomic mass is 10.2. The molecule has 110 valence electrons. The van der Waals surface area contributed by atoms with Crippen LogP contribution in [0.1, 0.15) is 5.56 Å². The summed E-state index contributed by atoms with van der Waals surface area (Å²) >= 11 is 0.726. The van der Waals surface area contributed by atoms with Crippen LogP contribution in [0.25, 0.3) is 6.08 Å². The molecular formula is C14H13N2O4S-. The number of hydrogen-bond donors (Lipinski definition) is 0. The van der Waals surface area contributed by atoms with Crippen molar-refractivity contribution in [2.45, 2.75) is 0 Å². The fourth-order valence-electron chi connectivity index (χ4n) is 1.79. The molecular weight excluding hydrogens is 292 g/mol. The Morgan fingerprint density at radius 3 is 2.43 bits per heavy atom. The first kappa shape index (κ1) is 15.1. The second-order valence-electron chi connectivity index (χ2n) is 4.63. The van der Waals surface area contributed by atoms with Crippen molar-refractivity contribution < 1.29 is 19.5 Å². The summed E-state index contributed by atoms with van der Waals surface area (Å²) in [5.41, 5.74) is 1.77. The summed E-state index contributed by atoms with van der Waals surface area (Å²) in [7, 11) is 3.83. The number of hydrogen-bond acceptors (Lipinski definition) is 6. The maximum atomic E-state index is 11.9. The molecule has 6 nitrogen and oxygen atoms in total. The molecule has 0 saturated carbocycles. The van der Waals surface area contributed by atoms with Gasteiger partial charge in [-0.2, -0.15) is 0 Å². The van der Waals surface area contributed by atoms with E-state index >= 15 is 0 Å². The van der Waals surface area contributed by atoms with E-state index < -0.39 is 23.7 Å². The van der Waals surface area contributed by atoms with Crippen molar-refractivity contribution in [1.29, 1.82) is 0 Å². The normalized spacial score (nSPS) is 16.7. The second-order valence-corrected chi connectivity index (χ2v) is 5.62. The summed E-state index contributed by atoms with van der Waals surface area (Å²) < 4.78 is 0. The van der Waals surface area contributed by atoms with E-state index in [0.29, 0.717) is 4.90 Å². The van der Waals surface area contributed by atoms with E-state index in [0.717, 1.165) is 23.0 Å². The monoisotopic (exact) mass is 305 g/mol. The molecule has 1 aromatic rings. The van der Waals surface area contributed by atoms with Gasteiger partial charge in [0.1, 0.15) is 0 Å². The molecule has 2 rings (SSSR count). The lowest BCUT2D eigenvalue weighted by Crippen LogP contribution is -2.40. The maximum absolute atomic E-state index is 11.9. The minimum absolute atomic E-state index is 0.207. The van der Waals surface area contributed by atoms with E-state index in [1.54, 1.807) is 6.08 Å². The van der Waals surface area contributed by atoms with Gasteiger partial charge in [0.05, 0.1) is 17.4 Å². The van der Waals surface area contributed by atoms with Gasteiger partial charge in [0.25, 0.3) is 11.1 Å². The molecule has 1 aromatic carbocycles. The first-order chi connectivity index (χ1) is 9.88. The summed E-state index contributed by atoms with van der Waals surface area (Å²) in [4.78, 5) is 36.9. The van der Waals surface area contributed by atoms with E-state index in [1.165, 1.54) is 0 Å². The summed E-state index contributed by atoms with van der Waals surface area (Å²) in [6.07, 6.45) is 1.57. The first-order valence-electron chi connectivity index (χ1n) is 6.11. The zero-order valence-electron chi connectivity index (χ0n) is 11.5. The average molecular weight is 305 g/mol. The van der Waals surface area contributed by atoms with Gasteiger partial charge in [-0.1, -0.05) is 12.1 Å². The van der Waals surface area contributed by atoms with Gasteiger partial charge in [0, 0.05) is 19.8 Å². The van der Waals surface area contributed by atoms with Crippen LogP contribution in [-0.2, 0) is 9.59 Å². The van der Waals surface area contributed by atoms with Gasteiger partial charge in [-0.25, -0.2) is 0 Å². The number of carbonyl (C=O) groups is 3. The highest BCUT2D eigenvalue weighted by Gasteiger charge is 2.34. The van der Waals surface area contributed by atoms with E-state index in [4.69, 9.17) is 0 Å². The highest BCUT2D eigenvalue weighted by atomic mass is 32.2. The molecule has 2 amide bonds. The number of anilines is 1. The van der Waals surface area contributed by atoms with E-state index in [1.807, 2.05) is 43.3 Å². The van der Waals surface area contributed by atoms with Gasteiger partial charge in [0.15, 0.2) is 0 Å². The van der Waals surface area contributed by atoms with Crippen LogP contribution in [0.3, 0.4) is 0 Å². The van der Waals surface area contributed by atoms with E-state index in [2.05, 4.69) is 0 Å². The third-order valence-corrected chi connectivity index (χ3v) is 3.78. The smallest absolute Gasteiger partial charge is 0.293 e. The molecule has 0 spiro atoms. The van der Waals surface area contributed by atoms with Crippen molar-refractivity contribution in [3.05, 3.63) is 34.7 Å². The van der Waals surface area contributed by atoms with Crippen molar-refractivity contribution in [2.24, 2.45) is 0 Å². The number of thioether (sulfide) groups is 1. The number of nitrogens with zero attached hydrogens (tertiary/aromatic N) is 2. The highest BCUT2D eigenvalue weighted by molar-refractivity contribution is 8.18. The van der Waals surface area contributed by atoms with Crippen molar-refractivity contribution in [2.75, 3.05) is 25.5 Å². The van der Waals surface area contributed by atoms with Gasteiger partial charge in [-0.15, -0.1) is 0 Å². The zero-order chi connectivity index (χ0) is 15.6. The molecule has 7 heteroatoms. The fraction of sp³-hybridized carbons (Fsp3) is 0.214. The minimum Gasteiger partial charge on any atom is -0.548 e. The average Bonchev–Trinajstić information content (AvgIpc) is 2.67. The topological polar surface area (TPSA) is 80.8 Å². The first-order valence-corrected chi connectivity index (χ1v) is 6.92. The van der Waals surface area contributed by atoms with Gasteiger partial charge >= 0.3 is 0 Å². The number of imide groups is 1. The van der Waals surface area contributed by atoms with Gasteiger partial charge in [-0.05, 0) is 35.5 Å². The Labute approximate surface area is 126 Å². The predicted octanol–water partition coefficient (Wildman–Crippen LogP) is 0.539. The van der Waals surface area contributed by atoms with E-state index in [9.17, 15) is 19.5 Å². The Kier molecular flexibility index (Phi) is 4.32. The maximum Gasteiger partial charge on any atom is 0.293 e. The van der Waals surface area contributed by atoms with Gasteiger partial charge < -0.3 is 14.8 Å². The molecule has 1 aliphatic heterocycles. The fourth-order valence-corrected chi connectivity index (χ4v) is 2.62.